The van der Waals surface area contributed by atoms with Gasteiger partial charge in [0.05, 0.1) is 20.3 Å². The summed E-state index contributed by atoms with van der Waals surface area (Å²) in [6.45, 7) is 1.86. The van der Waals surface area contributed by atoms with Crippen LogP contribution in [0.15, 0.2) is 76.9 Å². The number of hydrogen-bond donors (Lipinski definition) is 3. The maximum absolute atomic E-state index is 14.4. The minimum atomic E-state index is -2.00. The highest BCUT2D eigenvalue weighted by Crippen LogP contribution is 2.55. The van der Waals surface area contributed by atoms with Gasteiger partial charge in [0.2, 0.25) is 17.3 Å². The van der Waals surface area contributed by atoms with Crippen molar-refractivity contribution >= 4 is 40.8 Å². The van der Waals surface area contributed by atoms with E-state index in [0.717, 1.165) is 10.5 Å². The molecule has 272 valence electrons. The molecule has 1 aliphatic carbocycles. The molecule has 1 amide bonds. The number of aromatic amines is 1. The van der Waals surface area contributed by atoms with E-state index < -0.39 is 46.7 Å². The van der Waals surface area contributed by atoms with E-state index in [1.165, 1.54) is 32.0 Å². The molecule has 1 aromatic heterocycles. The topological polar surface area (TPSA) is 162 Å². The number of ketones is 2. The minimum Gasteiger partial charge on any atom is -0.507 e. The van der Waals surface area contributed by atoms with Gasteiger partial charge >= 0.3 is 0 Å². The number of aliphatic hydroxyl groups is 1. The lowest BCUT2D eigenvalue weighted by molar-refractivity contribution is -0.122. The maximum Gasteiger partial charge on any atom is 0.231 e. The van der Waals surface area contributed by atoms with Crippen molar-refractivity contribution in [2.24, 2.45) is 5.92 Å². The van der Waals surface area contributed by atoms with E-state index in [1.54, 1.807) is 14.0 Å². The molecule has 2 heterocycles. The van der Waals surface area contributed by atoms with E-state index in [1.807, 2.05) is 60.9 Å². The lowest BCUT2D eigenvalue weighted by atomic mass is 9.69. The summed E-state index contributed by atoms with van der Waals surface area (Å²) in [4.78, 5) is 48.2. The summed E-state index contributed by atoms with van der Waals surface area (Å²) in [5.41, 5.74) is -0.533. The van der Waals surface area contributed by atoms with Crippen molar-refractivity contribution in [3.8, 4) is 17.2 Å². The molecule has 6 rings (SSSR count). The minimum absolute atomic E-state index is 0.0170. The van der Waals surface area contributed by atoms with Crippen LogP contribution < -0.4 is 19.5 Å². The molecule has 1 spiro atoms. The van der Waals surface area contributed by atoms with Crippen molar-refractivity contribution in [1.29, 1.82) is 0 Å². The smallest absolute Gasteiger partial charge is 0.231 e. The van der Waals surface area contributed by atoms with Gasteiger partial charge in [0.25, 0.3) is 0 Å². The van der Waals surface area contributed by atoms with E-state index in [4.69, 9.17) is 30.5 Å². The molecular formula is C38H39ClN4O8S. The van der Waals surface area contributed by atoms with Crippen molar-refractivity contribution in [3.05, 3.63) is 105 Å². The molecule has 52 heavy (non-hydrogen) atoms. The first-order chi connectivity index (χ1) is 25.1. The number of amides is 1. The highest BCUT2D eigenvalue weighted by atomic mass is 35.5. The number of H-pyrrole nitrogens is 1. The first-order valence-corrected chi connectivity index (χ1v) is 18.2. The van der Waals surface area contributed by atoms with Gasteiger partial charge in [-0.15, -0.1) is 11.8 Å². The molecule has 0 fully saturated rings. The normalized spacial score (nSPS) is 19.3. The first-order valence-electron chi connectivity index (χ1n) is 16.6. The summed E-state index contributed by atoms with van der Waals surface area (Å²) in [7, 11) is 4.36. The third-order valence-corrected chi connectivity index (χ3v) is 10.6. The summed E-state index contributed by atoms with van der Waals surface area (Å²) < 4.78 is 22.5. The van der Waals surface area contributed by atoms with Crippen LogP contribution in [0.3, 0.4) is 0 Å². The third kappa shape index (κ3) is 6.75. The molecule has 4 atom stereocenters. The number of nitrogens with zero attached hydrogens (tertiary/aromatic N) is 2. The lowest BCUT2D eigenvalue weighted by Gasteiger charge is -2.38. The Morgan fingerprint density at radius 2 is 1.83 bits per heavy atom. The number of nitrogens with one attached hydrogen (secondary N) is 2. The fourth-order valence-electron chi connectivity index (χ4n) is 6.92. The predicted molar refractivity (Wildman–Crippen MR) is 194 cm³/mol. The van der Waals surface area contributed by atoms with Gasteiger partial charge in [-0.05, 0) is 29.5 Å². The van der Waals surface area contributed by atoms with Gasteiger partial charge < -0.3 is 29.4 Å². The highest BCUT2D eigenvalue weighted by Gasteiger charge is 2.61. The number of halogens is 1. The van der Waals surface area contributed by atoms with Gasteiger partial charge in [-0.3, -0.25) is 19.5 Å². The number of aromatic nitrogens is 3. The number of Topliss-reactive ketones (excluding diaryl/α,β-unsaturated/α-hetero) is 2. The number of carbonyl (C=O) groups excluding carboxylic acids is 3. The monoisotopic (exact) mass is 746 g/mol. The molecular weight excluding hydrogens is 708 g/mol. The van der Waals surface area contributed by atoms with E-state index in [2.05, 4.69) is 20.5 Å². The molecule has 0 radical (unpaired) electrons. The largest absolute Gasteiger partial charge is 0.507 e. The zero-order valence-electron chi connectivity index (χ0n) is 29.3. The number of benzene rings is 3. The number of ether oxygens (including phenoxy) is 4. The zero-order chi connectivity index (χ0) is 37.2. The van der Waals surface area contributed by atoms with Gasteiger partial charge in [0.15, 0.2) is 28.9 Å². The number of carbonyl (C=O) groups is 3. The molecule has 3 N–H and O–H groups in total. The molecule has 12 nitrogen and oxygen atoms in total. The summed E-state index contributed by atoms with van der Waals surface area (Å²) >= 11 is 8.18. The second-order valence-corrected chi connectivity index (χ2v) is 13.9. The van der Waals surface area contributed by atoms with E-state index in [9.17, 15) is 19.5 Å². The third-order valence-electron chi connectivity index (χ3n) is 9.53. The van der Waals surface area contributed by atoms with Crippen molar-refractivity contribution in [1.82, 2.24) is 20.5 Å². The standard InChI is InChI=1S/C38H39ClN4O8S/c1-20-15-26(44)31(35(46)38(20)36(47)32-27(49-3)18-28(50-4)33(39)34(32)51-38)24(22-11-13-23(52-5)14-12-22)17-30(45)40-25(16-21-9-7-6-8-10-21)37-41-29(19-48-2)42-43-37/h6-14,18,20,24-25,46H,15-17,19H2,1-5H3,(H,40,45)(H,41,42,43)/t20-,24?,25?,38+/m1/s1. The zero-order valence-corrected chi connectivity index (χ0v) is 30.9. The Kier molecular flexibility index (Phi) is 10.9. The van der Waals surface area contributed by atoms with Gasteiger partial charge in [-0.1, -0.05) is 61.0 Å². The van der Waals surface area contributed by atoms with Crippen molar-refractivity contribution in [2.45, 2.75) is 55.2 Å². The Bertz CT molecular complexity index is 2020. The molecule has 2 aliphatic rings. The predicted octanol–water partition coefficient (Wildman–Crippen LogP) is 6.35. The summed E-state index contributed by atoms with van der Waals surface area (Å²) in [5.74, 6) is -2.60. The Balaban J connectivity index is 1.42. The summed E-state index contributed by atoms with van der Waals surface area (Å²) in [6.07, 6.45) is 1.92. The summed E-state index contributed by atoms with van der Waals surface area (Å²) in [5, 5.41) is 22.6. The number of fused-ring (bicyclic) bond motifs is 1. The fraction of sp³-hybridized carbons (Fsp3) is 0.342. The summed E-state index contributed by atoms with van der Waals surface area (Å²) in [6, 6.07) is 17.8. The highest BCUT2D eigenvalue weighted by molar-refractivity contribution is 7.98. The Hall–Kier alpha value is -4.85. The van der Waals surface area contributed by atoms with Crippen LogP contribution in [0.1, 0.15) is 64.9 Å². The average molecular weight is 747 g/mol. The van der Waals surface area contributed by atoms with E-state index >= 15 is 0 Å². The molecule has 0 saturated heterocycles. The molecule has 2 unspecified atom stereocenters. The van der Waals surface area contributed by atoms with Crippen LogP contribution in [-0.2, 0) is 27.4 Å². The Labute approximate surface area is 310 Å². The lowest BCUT2D eigenvalue weighted by Crippen LogP contribution is -2.53. The number of allylic oxidation sites excluding steroid dienone is 1. The van der Waals surface area contributed by atoms with E-state index in [0.29, 0.717) is 23.6 Å². The molecule has 0 bridgehead atoms. The van der Waals surface area contributed by atoms with Crippen LogP contribution in [0.5, 0.6) is 17.2 Å². The molecule has 0 saturated carbocycles. The molecule has 1 aliphatic heterocycles. The number of thioether (sulfide) groups is 1. The quantitative estimate of drug-likeness (QED) is 0.131. The molecule has 3 aromatic carbocycles. The van der Waals surface area contributed by atoms with Gasteiger partial charge in [-0.25, -0.2) is 4.98 Å². The molecule has 4 aromatic rings. The van der Waals surface area contributed by atoms with E-state index in [-0.39, 0.29) is 52.9 Å². The fourth-order valence-corrected chi connectivity index (χ4v) is 7.60. The molecule has 14 heteroatoms. The number of methoxy groups -OCH3 is 3. The van der Waals surface area contributed by atoms with Gasteiger partial charge in [0.1, 0.15) is 28.7 Å². The van der Waals surface area contributed by atoms with Crippen LogP contribution >= 0.6 is 23.4 Å². The number of hydrogen-bond acceptors (Lipinski definition) is 11. The van der Waals surface area contributed by atoms with Crippen molar-refractivity contribution in [3.63, 3.8) is 0 Å². The SMILES string of the molecule is COCc1nc(C(Cc2ccccc2)NC(=O)CC(C2=C(O)[C@@]3(Oc4c(Cl)c(OC)cc(OC)c4C3=O)[C@H](C)CC2=O)c2ccc(SC)cc2)n[nH]1. The Morgan fingerprint density at radius 3 is 2.48 bits per heavy atom. The first kappa shape index (κ1) is 36.9. The van der Waals surface area contributed by atoms with Crippen LogP contribution in [0.2, 0.25) is 5.02 Å². The van der Waals surface area contributed by atoms with Gasteiger partial charge in [-0.2, -0.15) is 5.10 Å². The second kappa shape index (κ2) is 15.4. The van der Waals surface area contributed by atoms with Gasteiger partial charge in [0, 0.05) is 54.7 Å². The number of aliphatic hydroxyl groups excluding tert-OH is 1. The van der Waals surface area contributed by atoms with Crippen molar-refractivity contribution in [2.75, 3.05) is 27.6 Å². The Morgan fingerprint density at radius 1 is 1.12 bits per heavy atom. The number of rotatable bonds is 13. The van der Waals surface area contributed by atoms with Crippen LogP contribution in [0.4, 0.5) is 0 Å². The maximum atomic E-state index is 14.4. The average Bonchev–Trinajstić information content (AvgIpc) is 3.74. The van der Waals surface area contributed by atoms with Crippen LogP contribution in [-0.4, -0.2) is 70.9 Å². The van der Waals surface area contributed by atoms with Crippen LogP contribution in [0, 0.1) is 5.92 Å². The second-order valence-electron chi connectivity index (χ2n) is 12.7. The van der Waals surface area contributed by atoms with Crippen LogP contribution in [0.25, 0.3) is 0 Å². The van der Waals surface area contributed by atoms with Crippen molar-refractivity contribution < 1.29 is 38.4 Å².